The standard InChI is InChI=1S/C19H26F3N3O4/c1-6-28-16(26)13-14(23-11(2)24-15(13)19(20,21)22)12-7-9-25(10-8-12)17(27)29-18(3,4)5/h12H,6-10H2,1-5H3. The zero-order valence-electron chi connectivity index (χ0n) is 17.2. The summed E-state index contributed by atoms with van der Waals surface area (Å²) in [6, 6.07) is 0. The Morgan fingerprint density at radius 2 is 1.72 bits per heavy atom. The van der Waals surface area contributed by atoms with Crippen LogP contribution < -0.4 is 0 Å². The Kier molecular flexibility index (Phi) is 6.74. The molecule has 0 aliphatic carbocycles. The first-order valence-corrected chi connectivity index (χ1v) is 9.44. The van der Waals surface area contributed by atoms with Crippen LogP contribution in [0.15, 0.2) is 0 Å². The Bertz CT molecular complexity index is 767. The second kappa shape index (κ2) is 8.54. The van der Waals surface area contributed by atoms with Crippen LogP contribution in [-0.2, 0) is 15.7 Å². The van der Waals surface area contributed by atoms with E-state index in [9.17, 15) is 22.8 Å². The van der Waals surface area contributed by atoms with Crippen molar-refractivity contribution in [2.75, 3.05) is 19.7 Å². The summed E-state index contributed by atoms with van der Waals surface area (Å²) in [5, 5.41) is 0. The fourth-order valence-electron chi connectivity index (χ4n) is 3.16. The van der Waals surface area contributed by atoms with Gasteiger partial charge in [-0.15, -0.1) is 0 Å². The number of carbonyl (C=O) groups excluding carboxylic acids is 2. The molecule has 1 fully saturated rings. The molecule has 2 heterocycles. The summed E-state index contributed by atoms with van der Waals surface area (Å²) in [6.07, 6.45) is -4.60. The molecular weight excluding hydrogens is 391 g/mol. The number of amides is 1. The van der Waals surface area contributed by atoms with Crippen molar-refractivity contribution in [2.45, 2.75) is 65.2 Å². The molecule has 29 heavy (non-hydrogen) atoms. The number of hydrogen-bond donors (Lipinski definition) is 0. The average Bonchev–Trinajstić information content (AvgIpc) is 2.59. The molecule has 0 spiro atoms. The molecule has 1 saturated heterocycles. The van der Waals surface area contributed by atoms with Gasteiger partial charge in [-0.1, -0.05) is 0 Å². The topological polar surface area (TPSA) is 81.6 Å². The highest BCUT2D eigenvalue weighted by Gasteiger charge is 2.42. The fraction of sp³-hybridized carbons (Fsp3) is 0.684. The molecule has 2 rings (SSSR count). The summed E-state index contributed by atoms with van der Waals surface area (Å²) in [5.74, 6) is -1.60. The summed E-state index contributed by atoms with van der Waals surface area (Å²) < 4.78 is 50.8. The van der Waals surface area contributed by atoms with Gasteiger partial charge in [0.25, 0.3) is 0 Å². The van der Waals surface area contributed by atoms with Crippen LogP contribution in [-0.4, -0.2) is 52.2 Å². The highest BCUT2D eigenvalue weighted by molar-refractivity contribution is 5.92. The maximum atomic E-state index is 13.5. The fourth-order valence-corrected chi connectivity index (χ4v) is 3.16. The van der Waals surface area contributed by atoms with Crippen LogP contribution in [0.3, 0.4) is 0 Å². The maximum absolute atomic E-state index is 13.5. The lowest BCUT2D eigenvalue weighted by atomic mass is 9.89. The Morgan fingerprint density at radius 1 is 1.14 bits per heavy atom. The van der Waals surface area contributed by atoms with Crippen molar-refractivity contribution in [3.05, 3.63) is 22.8 Å². The lowest BCUT2D eigenvalue weighted by Crippen LogP contribution is -2.41. The lowest BCUT2D eigenvalue weighted by molar-refractivity contribution is -0.142. The van der Waals surface area contributed by atoms with Gasteiger partial charge in [0.05, 0.1) is 12.3 Å². The van der Waals surface area contributed by atoms with Gasteiger partial charge in [-0.3, -0.25) is 0 Å². The molecule has 0 aromatic carbocycles. The number of aryl methyl sites for hydroxylation is 1. The minimum absolute atomic E-state index is 0.0205. The first-order chi connectivity index (χ1) is 13.3. The SMILES string of the molecule is CCOC(=O)c1c(C2CCN(C(=O)OC(C)(C)C)CC2)nc(C)nc1C(F)(F)F. The van der Waals surface area contributed by atoms with E-state index in [2.05, 4.69) is 9.97 Å². The monoisotopic (exact) mass is 417 g/mol. The molecule has 7 nitrogen and oxygen atoms in total. The number of esters is 1. The number of rotatable bonds is 3. The predicted molar refractivity (Wildman–Crippen MR) is 97.5 cm³/mol. The van der Waals surface area contributed by atoms with Crippen molar-refractivity contribution in [2.24, 2.45) is 0 Å². The molecule has 1 aromatic heterocycles. The van der Waals surface area contributed by atoms with Gasteiger partial charge in [-0.05, 0) is 47.5 Å². The number of ether oxygens (including phenoxy) is 2. The molecule has 1 amide bonds. The van der Waals surface area contributed by atoms with Crippen LogP contribution in [0, 0.1) is 6.92 Å². The van der Waals surface area contributed by atoms with Gasteiger partial charge in [0.15, 0.2) is 5.69 Å². The van der Waals surface area contributed by atoms with Gasteiger partial charge in [-0.2, -0.15) is 13.2 Å². The van der Waals surface area contributed by atoms with Gasteiger partial charge < -0.3 is 14.4 Å². The van der Waals surface area contributed by atoms with Gasteiger partial charge in [0.2, 0.25) is 0 Å². The first kappa shape index (κ1) is 22.9. The van der Waals surface area contributed by atoms with E-state index in [1.807, 2.05) is 0 Å². The minimum Gasteiger partial charge on any atom is -0.462 e. The van der Waals surface area contributed by atoms with Crippen LogP contribution in [0.2, 0.25) is 0 Å². The van der Waals surface area contributed by atoms with Crippen molar-refractivity contribution < 1.29 is 32.2 Å². The van der Waals surface area contributed by atoms with E-state index in [-0.39, 0.29) is 31.2 Å². The largest absolute Gasteiger partial charge is 0.462 e. The number of nitrogens with zero attached hydrogens (tertiary/aromatic N) is 3. The highest BCUT2D eigenvalue weighted by Crippen LogP contribution is 2.37. The number of likely N-dealkylation sites (tertiary alicyclic amines) is 1. The second-order valence-corrected chi connectivity index (χ2v) is 7.84. The van der Waals surface area contributed by atoms with E-state index in [4.69, 9.17) is 9.47 Å². The van der Waals surface area contributed by atoms with Gasteiger partial charge in [0, 0.05) is 19.0 Å². The molecule has 0 N–H and O–H groups in total. The maximum Gasteiger partial charge on any atom is 0.434 e. The van der Waals surface area contributed by atoms with Crippen molar-refractivity contribution in [3.63, 3.8) is 0 Å². The Hall–Kier alpha value is -2.39. The minimum atomic E-state index is -4.82. The van der Waals surface area contributed by atoms with E-state index in [1.165, 1.54) is 18.7 Å². The van der Waals surface area contributed by atoms with E-state index in [1.54, 1.807) is 20.8 Å². The molecule has 162 valence electrons. The Balaban J connectivity index is 2.32. The van der Waals surface area contributed by atoms with E-state index < -0.39 is 41.0 Å². The van der Waals surface area contributed by atoms with Gasteiger partial charge in [0.1, 0.15) is 17.0 Å². The molecular formula is C19H26F3N3O4. The molecule has 1 aliphatic heterocycles. The normalized spacial score (nSPS) is 15.9. The van der Waals surface area contributed by atoms with Crippen LogP contribution in [0.4, 0.5) is 18.0 Å². The third-order valence-corrected chi connectivity index (χ3v) is 4.33. The highest BCUT2D eigenvalue weighted by atomic mass is 19.4. The predicted octanol–water partition coefficient (Wildman–Crippen LogP) is 4.10. The zero-order chi connectivity index (χ0) is 22.0. The van der Waals surface area contributed by atoms with Crippen LogP contribution >= 0.6 is 0 Å². The van der Waals surface area contributed by atoms with Crippen LogP contribution in [0.5, 0.6) is 0 Å². The third-order valence-electron chi connectivity index (χ3n) is 4.33. The number of piperidine rings is 1. The lowest BCUT2D eigenvalue weighted by Gasteiger charge is -2.33. The zero-order valence-corrected chi connectivity index (χ0v) is 17.2. The molecule has 0 atom stereocenters. The molecule has 1 aliphatic rings. The first-order valence-electron chi connectivity index (χ1n) is 9.44. The van der Waals surface area contributed by atoms with E-state index in [0.29, 0.717) is 12.8 Å². The number of hydrogen-bond acceptors (Lipinski definition) is 6. The molecule has 0 saturated carbocycles. The third kappa shape index (κ3) is 5.80. The quantitative estimate of drug-likeness (QED) is 0.689. The molecule has 1 aromatic rings. The van der Waals surface area contributed by atoms with E-state index >= 15 is 0 Å². The van der Waals surface area contributed by atoms with Gasteiger partial charge in [-0.25, -0.2) is 19.6 Å². The summed E-state index contributed by atoms with van der Waals surface area (Å²) in [5.41, 5.74) is -2.54. The van der Waals surface area contributed by atoms with Crippen molar-refractivity contribution in [1.82, 2.24) is 14.9 Å². The smallest absolute Gasteiger partial charge is 0.434 e. The molecule has 0 radical (unpaired) electrons. The summed E-state index contributed by atoms with van der Waals surface area (Å²) >= 11 is 0. The van der Waals surface area contributed by atoms with Gasteiger partial charge >= 0.3 is 18.2 Å². The number of halogens is 3. The molecule has 0 bridgehead atoms. The number of aromatic nitrogens is 2. The van der Waals surface area contributed by atoms with Crippen molar-refractivity contribution in [1.29, 1.82) is 0 Å². The second-order valence-electron chi connectivity index (χ2n) is 7.84. The molecule has 10 heteroatoms. The summed E-state index contributed by atoms with van der Waals surface area (Å²) in [7, 11) is 0. The van der Waals surface area contributed by atoms with Crippen molar-refractivity contribution in [3.8, 4) is 0 Å². The Morgan fingerprint density at radius 3 is 2.21 bits per heavy atom. The Labute approximate surface area is 167 Å². The summed E-state index contributed by atoms with van der Waals surface area (Å²) in [6.45, 7) is 8.63. The van der Waals surface area contributed by atoms with Crippen LogP contribution in [0.1, 0.15) is 74.0 Å². The van der Waals surface area contributed by atoms with E-state index in [0.717, 1.165) is 0 Å². The molecule has 0 unspecified atom stereocenters. The average molecular weight is 417 g/mol. The van der Waals surface area contributed by atoms with Crippen molar-refractivity contribution >= 4 is 12.1 Å². The summed E-state index contributed by atoms with van der Waals surface area (Å²) in [4.78, 5) is 33.7. The number of carbonyl (C=O) groups is 2. The van der Waals surface area contributed by atoms with Crippen LogP contribution in [0.25, 0.3) is 0 Å². The number of alkyl halides is 3.